The zero-order valence-corrected chi connectivity index (χ0v) is 17.4. The smallest absolute Gasteiger partial charge is 0.320 e. The number of piperidine rings is 1. The summed E-state index contributed by atoms with van der Waals surface area (Å²) in [6, 6.07) is 0. The van der Waals surface area contributed by atoms with Gasteiger partial charge in [0.15, 0.2) is 0 Å². The van der Waals surface area contributed by atoms with E-state index in [4.69, 9.17) is 13.7 Å². The average molecular weight is 418 g/mol. The first-order valence-electron chi connectivity index (χ1n) is 10.3. The number of esters is 2. The summed E-state index contributed by atoms with van der Waals surface area (Å²) in [6.45, 7) is 3.40. The van der Waals surface area contributed by atoms with Gasteiger partial charge in [0.2, 0.25) is 0 Å². The first-order valence-corrected chi connectivity index (χ1v) is 11.9. The van der Waals surface area contributed by atoms with Crippen LogP contribution in [0.2, 0.25) is 0 Å². The molecule has 3 aliphatic rings. The van der Waals surface area contributed by atoms with E-state index >= 15 is 0 Å². The Hall–Kier alpha value is -1.19. The Labute approximate surface area is 167 Å². The molecule has 0 N–H and O–H groups in total. The van der Waals surface area contributed by atoms with Crippen LogP contribution in [0.15, 0.2) is 0 Å². The van der Waals surface area contributed by atoms with Gasteiger partial charge in [-0.25, -0.2) is 0 Å². The quantitative estimate of drug-likeness (QED) is 0.475. The molecule has 0 radical (unpaired) electrons. The van der Waals surface area contributed by atoms with Gasteiger partial charge in [-0.2, -0.15) is 8.42 Å². The summed E-state index contributed by atoms with van der Waals surface area (Å²) in [4.78, 5) is 27.2. The Kier molecular flexibility index (Phi) is 6.98. The topological polar surface area (TPSA) is 99.2 Å². The summed E-state index contributed by atoms with van der Waals surface area (Å²) in [7, 11) is -3.82. The highest BCUT2D eigenvalue weighted by Gasteiger charge is 2.45. The van der Waals surface area contributed by atoms with Gasteiger partial charge in [0.05, 0.1) is 13.2 Å². The van der Waals surface area contributed by atoms with Crippen molar-refractivity contribution in [1.82, 2.24) is 4.90 Å². The minimum Gasteiger partial charge on any atom is -0.459 e. The van der Waals surface area contributed by atoms with E-state index in [2.05, 4.69) is 0 Å². The van der Waals surface area contributed by atoms with Crippen molar-refractivity contribution >= 4 is 22.1 Å². The minimum atomic E-state index is -3.82. The largest absolute Gasteiger partial charge is 0.459 e. The molecule has 160 valence electrons. The number of likely N-dealkylation sites (tertiary alicyclic amines) is 1. The van der Waals surface area contributed by atoms with E-state index in [0.29, 0.717) is 6.42 Å². The van der Waals surface area contributed by atoms with Crippen LogP contribution in [0, 0.1) is 5.92 Å². The molecule has 28 heavy (non-hydrogen) atoms. The van der Waals surface area contributed by atoms with E-state index in [1.54, 1.807) is 0 Å². The maximum atomic E-state index is 12.8. The van der Waals surface area contributed by atoms with E-state index in [-0.39, 0.29) is 13.2 Å². The van der Waals surface area contributed by atoms with Gasteiger partial charge < -0.3 is 9.47 Å². The van der Waals surface area contributed by atoms with Crippen LogP contribution in [0.25, 0.3) is 0 Å². The Balaban J connectivity index is 1.64. The maximum Gasteiger partial charge on any atom is 0.320 e. The van der Waals surface area contributed by atoms with Crippen LogP contribution in [-0.2, 0) is 33.4 Å². The standard InChI is InChI=1S/C19H31NO7S/c1-2-19(8-4-5-9-19)27-18(22)15-13-25-28(23,24)14-16(15)26-17(21)12-20-10-6-3-7-11-20/h15-16H,2-14H2,1H3. The van der Waals surface area contributed by atoms with Crippen molar-refractivity contribution in [2.45, 2.75) is 70.0 Å². The summed E-state index contributed by atoms with van der Waals surface area (Å²) in [5.41, 5.74) is -0.490. The van der Waals surface area contributed by atoms with Crippen molar-refractivity contribution in [3.63, 3.8) is 0 Å². The van der Waals surface area contributed by atoms with Crippen molar-refractivity contribution in [1.29, 1.82) is 0 Å². The molecule has 2 unspecified atom stereocenters. The fraction of sp³-hybridized carbons (Fsp3) is 0.895. The van der Waals surface area contributed by atoms with E-state index in [1.165, 1.54) is 0 Å². The van der Waals surface area contributed by atoms with E-state index in [0.717, 1.165) is 58.0 Å². The summed E-state index contributed by atoms with van der Waals surface area (Å²) < 4.78 is 39.9. The third-order valence-corrected chi connectivity index (χ3v) is 7.34. The van der Waals surface area contributed by atoms with Gasteiger partial charge in [0.1, 0.15) is 23.4 Å². The van der Waals surface area contributed by atoms with Crippen LogP contribution >= 0.6 is 0 Å². The third-order valence-electron chi connectivity index (χ3n) is 6.11. The normalized spacial score (nSPS) is 29.9. The van der Waals surface area contributed by atoms with Gasteiger partial charge in [0.25, 0.3) is 10.1 Å². The van der Waals surface area contributed by atoms with Crippen molar-refractivity contribution < 1.29 is 31.7 Å². The molecule has 0 amide bonds. The molecule has 0 aromatic heterocycles. The zero-order chi connectivity index (χ0) is 20.2. The average Bonchev–Trinajstić information content (AvgIpc) is 3.10. The molecule has 2 heterocycles. The second-order valence-corrected chi connectivity index (χ2v) is 9.83. The Morgan fingerprint density at radius 3 is 2.43 bits per heavy atom. The molecule has 0 spiro atoms. The van der Waals surface area contributed by atoms with Crippen molar-refractivity contribution in [2.75, 3.05) is 32.0 Å². The van der Waals surface area contributed by atoms with Crippen LogP contribution in [0.1, 0.15) is 58.3 Å². The Bertz CT molecular complexity index is 666. The molecule has 8 nitrogen and oxygen atoms in total. The summed E-state index contributed by atoms with van der Waals surface area (Å²) in [6.07, 6.45) is 6.48. The lowest BCUT2D eigenvalue weighted by atomic mass is 9.97. The van der Waals surface area contributed by atoms with Crippen LogP contribution < -0.4 is 0 Å². The molecular formula is C19H31NO7S. The highest BCUT2D eigenvalue weighted by Crippen LogP contribution is 2.37. The number of hydrogen-bond donors (Lipinski definition) is 0. The fourth-order valence-electron chi connectivity index (χ4n) is 4.33. The lowest BCUT2D eigenvalue weighted by Gasteiger charge is -2.34. The molecule has 3 fully saturated rings. The molecule has 3 rings (SSSR count). The molecule has 0 aromatic rings. The molecule has 1 aliphatic carbocycles. The lowest BCUT2D eigenvalue weighted by molar-refractivity contribution is -0.175. The monoisotopic (exact) mass is 417 g/mol. The number of carbonyl (C=O) groups excluding carboxylic acids is 2. The highest BCUT2D eigenvalue weighted by atomic mass is 32.2. The summed E-state index contributed by atoms with van der Waals surface area (Å²) in [5.74, 6) is -2.47. The van der Waals surface area contributed by atoms with Gasteiger partial charge in [-0.3, -0.25) is 18.7 Å². The third kappa shape index (κ3) is 5.45. The molecule has 9 heteroatoms. The zero-order valence-electron chi connectivity index (χ0n) is 16.6. The van der Waals surface area contributed by atoms with Gasteiger partial charge >= 0.3 is 11.9 Å². The molecule has 0 aromatic carbocycles. The van der Waals surface area contributed by atoms with Gasteiger partial charge in [-0.1, -0.05) is 13.3 Å². The van der Waals surface area contributed by atoms with Crippen molar-refractivity contribution in [2.24, 2.45) is 5.92 Å². The second-order valence-electron chi connectivity index (χ2n) is 8.15. The predicted octanol–water partition coefficient (Wildman–Crippen LogP) is 1.63. The SMILES string of the molecule is CCC1(OC(=O)C2COS(=O)(=O)CC2OC(=O)CN2CCCCC2)CCCC1. The predicted molar refractivity (Wildman–Crippen MR) is 101 cm³/mol. The first kappa shape index (κ1) is 21.5. The Morgan fingerprint density at radius 1 is 1.11 bits per heavy atom. The van der Waals surface area contributed by atoms with Gasteiger partial charge in [-0.05, 0) is 58.0 Å². The summed E-state index contributed by atoms with van der Waals surface area (Å²) >= 11 is 0. The van der Waals surface area contributed by atoms with Crippen molar-refractivity contribution in [3.05, 3.63) is 0 Å². The molecule has 2 atom stereocenters. The lowest BCUT2D eigenvalue weighted by Crippen LogP contribution is -2.49. The molecule has 2 saturated heterocycles. The minimum absolute atomic E-state index is 0.109. The van der Waals surface area contributed by atoms with Gasteiger partial charge in [-0.15, -0.1) is 0 Å². The number of hydrogen-bond acceptors (Lipinski definition) is 8. The van der Waals surface area contributed by atoms with Crippen LogP contribution in [0.4, 0.5) is 0 Å². The van der Waals surface area contributed by atoms with Crippen molar-refractivity contribution in [3.8, 4) is 0 Å². The van der Waals surface area contributed by atoms with Crippen LogP contribution in [0.5, 0.6) is 0 Å². The maximum absolute atomic E-state index is 12.8. The fourth-order valence-corrected chi connectivity index (χ4v) is 5.48. The number of carbonyl (C=O) groups is 2. The Morgan fingerprint density at radius 2 is 1.79 bits per heavy atom. The first-order chi connectivity index (χ1) is 13.3. The van der Waals surface area contributed by atoms with Crippen LogP contribution in [-0.4, -0.2) is 69.0 Å². The number of ether oxygens (including phenoxy) is 2. The van der Waals surface area contributed by atoms with E-state index in [9.17, 15) is 18.0 Å². The van der Waals surface area contributed by atoms with E-state index in [1.807, 2.05) is 11.8 Å². The summed E-state index contributed by atoms with van der Waals surface area (Å²) in [5, 5.41) is 0. The molecule has 1 saturated carbocycles. The molecular weight excluding hydrogens is 386 g/mol. The number of rotatable bonds is 6. The van der Waals surface area contributed by atoms with Gasteiger partial charge in [0, 0.05) is 0 Å². The second kappa shape index (κ2) is 9.09. The molecule has 2 aliphatic heterocycles. The molecule has 0 bridgehead atoms. The number of nitrogens with zero attached hydrogens (tertiary/aromatic N) is 1. The van der Waals surface area contributed by atoms with Crippen LogP contribution in [0.3, 0.4) is 0 Å². The van der Waals surface area contributed by atoms with E-state index < -0.39 is 45.4 Å². The highest BCUT2D eigenvalue weighted by molar-refractivity contribution is 7.86.